The fourth-order valence-corrected chi connectivity index (χ4v) is 2.88. The van der Waals surface area contributed by atoms with Crippen molar-refractivity contribution in [2.75, 3.05) is 12.4 Å². The van der Waals surface area contributed by atoms with Gasteiger partial charge < -0.3 is 20.7 Å². The predicted molar refractivity (Wildman–Crippen MR) is 105 cm³/mol. The average Bonchev–Trinajstić information content (AvgIpc) is 3.52. The molecule has 142 valence electrons. The summed E-state index contributed by atoms with van der Waals surface area (Å²) in [5.74, 6) is 0.974. The van der Waals surface area contributed by atoms with Crippen molar-refractivity contribution in [1.82, 2.24) is 10.6 Å². The van der Waals surface area contributed by atoms with Gasteiger partial charge in [-0.1, -0.05) is 30.3 Å². The van der Waals surface area contributed by atoms with Crippen LogP contribution in [0, 0.1) is 5.92 Å². The van der Waals surface area contributed by atoms with Gasteiger partial charge in [-0.2, -0.15) is 0 Å². The summed E-state index contributed by atoms with van der Waals surface area (Å²) in [5, 5.41) is 8.68. The maximum absolute atomic E-state index is 12.2. The molecule has 0 saturated heterocycles. The van der Waals surface area contributed by atoms with Crippen LogP contribution in [0.25, 0.3) is 0 Å². The Morgan fingerprint density at radius 3 is 2.67 bits per heavy atom. The van der Waals surface area contributed by atoms with Gasteiger partial charge in [0.2, 0.25) is 5.91 Å². The molecule has 1 atom stereocenters. The molecule has 0 bridgehead atoms. The Morgan fingerprint density at radius 2 is 1.93 bits per heavy atom. The van der Waals surface area contributed by atoms with Crippen molar-refractivity contribution in [2.24, 2.45) is 5.92 Å². The van der Waals surface area contributed by atoms with Crippen molar-refractivity contribution in [1.29, 1.82) is 0 Å². The number of rotatable bonds is 7. The van der Waals surface area contributed by atoms with Gasteiger partial charge in [0.25, 0.3) is 0 Å². The molecule has 3 rings (SSSR count). The van der Waals surface area contributed by atoms with E-state index in [4.69, 9.17) is 4.74 Å². The molecular formula is C21H25N3O3. The van der Waals surface area contributed by atoms with Crippen molar-refractivity contribution >= 4 is 17.6 Å². The van der Waals surface area contributed by atoms with Gasteiger partial charge in [0.05, 0.1) is 13.2 Å². The first-order chi connectivity index (χ1) is 13.1. The Labute approximate surface area is 159 Å². The highest BCUT2D eigenvalue weighted by molar-refractivity contribution is 5.94. The van der Waals surface area contributed by atoms with Crippen LogP contribution >= 0.6 is 0 Å². The molecular weight excluding hydrogens is 342 g/mol. The smallest absolute Gasteiger partial charge is 0.315 e. The summed E-state index contributed by atoms with van der Waals surface area (Å²) in [6.07, 6.45) is 1.94. The van der Waals surface area contributed by atoms with Crippen LogP contribution in [0.5, 0.6) is 5.75 Å². The van der Waals surface area contributed by atoms with E-state index in [1.165, 1.54) is 0 Å². The molecule has 0 radical (unpaired) electrons. The van der Waals surface area contributed by atoms with Crippen LogP contribution in [0.4, 0.5) is 10.5 Å². The number of anilines is 1. The van der Waals surface area contributed by atoms with Gasteiger partial charge in [-0.25, -0.2) is 4.79 Å². The van der Waals surface area contributed by atoms with Gasteiger partial charge in [0.15, 0.2) is 0 Å². The molecule has 6 nitrogen and oxygen atoms in total. The molecule has 0 unspecified atom stereocenters. The van der Waals surface area contributed by atoms with Crippen LogP contribution < -0.4 is 20.7 Å². The lowest BCUT2D eigenvalue weighted by atomic mass is 10.1. The number of benzene rings is 2. The third-order valence-corrected chi connectivity index (χ3v) is 4.55. The number of amides is 3. The molecule has 1 fully saturated rings. The topological polar surface area (TPSA) is 79.5 Å². The molecule has 6 heteroatoms. The van der Waals surface area contributed by atoms with Crippen LogP contribution in [0.3, 0.4) is 0 Å². The molecule has 3 N–H and O–H groups in total. The Bertz CT molecular complexity index is 818. The monoisotopic (exact) mass is 367 g/mol. The van der Waals surface area contributed by atoms with Crippen molar-refractivity contribution in [3.63, 3.8) is 0 Å². The number of urea groups is 1. The lowest BCUT2D eigenvalue weighted by molar-refractivity contribution is -0.117. The van der Waals surface area contributed by atoms with Crippen LogP contribution in [0.1, 0.15) is 36.9 Å². The van der Waals surface area contributed by atoms with E-state index in [1.807, 2.05) is 55.5 Å². The molecule has 0 spiro atoms. The Hall–Kier alpha value is -3.02. The molecule has 27 heavy (non-hydrogen) atoms. The van der Waals surface area contributed by atoms with Gasteiger partial charge in [-0.05, 0) is 43.5 Å². The van der Waals surface area contributed by atoms with Crippen LogP contribution in [0.15, 0.2) is 48.5 Å². The first kappa shape index (κ1) is 18.8. The summed E-state index contributed by atoms with van der Waals surface area (Å²) in [5.41, 5.74) is 2.60. The number of hydrogen-bond acceptors (Lipinski definition) is 3. The first-order valence-corrected chi connectivity index (χ1v) is 9.14. The second-order valence-electron chi connectivity index (χ2n) is 6.75. The standard InChI is InChI=1S/C21H25N3O3/c1-14(18-8-3-4-9-19(18)27-2)23-21(26)22-13-15-6-5-7-17(12-15)24-20(25)16-10-11-16/h3-9,12,14,16H,10-11,13H2,1-2H3,(H,24,25)(H2,22,23,26)/t14-/m1/s1. The number of para-hydroxylation sites is 1. The molecule has 1 aliphatic rings. The van der Waals surface area contributed by atoms with E-state index in [0.717, 1.165) is 35.4 Å². The summed E-state index contributed by atoms with van der Waals surface area (Å²) in [6, 6.07) is 14.7. The fourth-order valence-electron chi connectivity index (χ4n) is 2.88. The van der Waals surface area contributed by atoms with E-state index in [-0.39, 0.29) is 23.9 Å². The second-order valence-corrected chi connectivity index (χ2v) is 6.75. The summed E-state index contributed by atoms with van der Waals surface area (Å²) >= 11 is 0. The minimum Gasteiger partial charge on any atom is -0.496 e. The van der Waals surface area contributed by atoms with Crippen molar-refractivity contribution in [3.05, 3.63) is 59.7 Å². The number of nitrogens with one attached hydrogen (secondary N) is 3. The average molecular weight is 367 g/mol. The van der Waals surface area contributed by atoms with E-state index in [2.05, 4.69) is 16.0 Å². The summed E-state index contributed by atoms with van der Waals surface area (Å²) in [4.78, 5) is 24.1. The quantitative estimate of drug-likeness (QED) is 0.699. The third-order valence-electron chi connectivity index (χ3n) is 4.55. The van der Waals surface area contributed by atoms with E-state index >= 15 is 0 Å². The lowest BCUT2D eigenvalue weighted by Crippen LogP contribution is -2.36. The lowest BCUT2D eigenvalue weighted by Gasteiger charge is -2.17. The summed E-state index contributed by atoms with van der Waals surface area (Å²) < 4.78 is 5.34. The van der Waals surface area contributed by atoms with Crippen LogP contribution in [-0.2, 0) is 11.3 Å². The van der Waals surface area contributed by atoms with E-state index in [1.54, 1.807) is 7.11 Å². The number of ether oxygens (including phenoxy) is 1. The van der Waals surface area contributed by atoms with E-state index < -0.39 is 0 Å². The Morgan fingerprint density at radius 1 is 1.15 bits per heavy atom. The molecule has 0 aliphatic heterocycles. The van der Waals surface area contributed by atoms with Crippen molar-refractivity contribution in [2.45, 2.75) is 32.4 Å². The van der Waals surface area contributed by atoms with E-state index in [9.17, 15) is 9.59 Å². The zero-order valence-electron chi connectivity index (χ0n) is 15.6. The Kier molecular flexibility index (Phi) is 5.96. The van der Waals surface area contributed by atoms with Gasteiger partial charge in [-0.3, -0.25) is 4.79 Å². The van der Waals surface area contributed by atoms with Crippen molar-refractivity contribution in [3.8, 4) is 5.75 Å². The van der Waals surface area contributed by atoms with Gasteiger partial charge >= 0.3 is 6.03 Å². The Balaban J connectivity index is 1.52. The number of carbonyl (C=O) groups is 2. The zero-order chi connectivity index (χ0) is 19.2. The molecule has 0 heterocycles. The highest BCUT2D eigenvalue weighted by atomic mass is 16.5. The molecule has 2 aromatic rings. The molecule has 3 amide bonds. The molecule has 0 aromatic heterocycles. The largest absolute Gasteiger partial charge is 0.496 e. The summed E-state index contributed by atoms with van der Waals surface area (Å²) in [6.45, 7) is 2.28. The number of methoxy groups -OCH3 is 1. The first-order valence-electron chi connectivity index (χ1n) is 9.14. The minimum atomic E-state index is -0.263. The highest BCUT2D eigenvalue weighted by Crippen LogP contribution is 2.30. The maximum atomic E-state index is 12.2. The minimum absolute atomic E-state index is 0.0727. The fraction of sp³-hybridized carbons (Fsp3) is 0.333. The molecule has 2 aromatic carbocycles. The molecule has 1 aliphatic carbocycles. The highest BCUT2D eigenvalue weighted by Gasteiger charge is 2.29. The second kappa shape index (κ2) is 8.58. The normalized spacial score (nSPS) is 14.1. The van der Waals surface area contributed by atoms with Gasteiger partial charge in [0.1, 0.15) is 5.75 Å². The number of hydrogen-bond donors (Lipinski definition) is 3. The van der Waals surface area contributed by atoms with E-state index in [0.29, 0.717) is 6.54 Å². The maximum Gasteiger partial charge on any atom is 0.315 e. The van der Waals surface area contributed by atoms with Gasteiger partial charge in [0, 0.05) is 23.7 Å². The van der Waals surface area contributed by atoms with Crippen molar-refractivity contribution < 1.29 is 14.3 Å². The third kappa shape index (κ3) is 5.23. The predicted octanol–water partition coefficient (Wildman–Crippen LogP) is 3.60. The van der Waals surface area contributed by atoms with Crippen LogP contribution in [-0.4, -0.2) is 19.0 Å². The van der Waals surface area contributed by atoms with Crippen LogP contribution in [0.2, 0.25) is 0 Å². The summed E-state index contributed by atoms with van der Waals surface area (Å²) in [7, 11) is 1.61. The SMILES string of the molecule is COc1ccccc1[C@@H](C)NC(=O)NCc1cccc(NC(=O)C2CC2)c1. The zero-order valence-corrected chi connectivity index (χ0v) is 15.6. The van der Waals surface area contributed by atoms with Gasteiger partial charge in [-0.15, -0.1) is 0 Å². The molecule has 1 saturated carbocycles. The number of carbonyl (C=O) groups excluding carboxylic acids is 2.